The molecule has 0 spiro atoms. The number of anilines is 1. The summed E-state index contributed by atoms with van der Waals surface area (Å²) >= 11 is 3.42. The van der Waals surface area contributed by atoms with Gasteiger partial charge in [0.25, 0.3) is 0 Å². The van der Waals surface area contributed by atoms with Gasteiger partial charge in [-0.15, -0.1) is 0 Å². The van der Waals surface area contributed by atoms with Crippen LogP contribution in [0.4, 0.5) is 5.69 Å². The van der Waals surface area contributed by atoms with E-state index >= 15 is 0 Å². The maximum absolute atomic E-state index is 11.1. The molecule has 3 nitrogen and oxygen atoms in total. The van der Waals surface area contributed by atoms with E-state index < -0.39 is 0 Å². The lowest BCUT2D eigenvalue weighted by Gasteiger charge is -2.07. The molecule has 2 aromatic carbocycles. The molecule has 4 heteroatoms. The van der Waals surface area contributed by atoms with E-state index in [0.717, 1.165) is 22.3 Å². The summed E-state index contributed by atoms with van der Waals surface area (Å²) in [5.74, 6) is -0.358. The van der Waals surface area contributed by atoms with Crippen molar-refractivity contribution in [3.05, 3.63) is 70.2 Å². The molecule has 108 valence electrons. The van der Waals surface area contributed by atoms with Gasteiger partial charge in [-0.1, -0.05) is 40.2 Å². The monoisotopic (exact) mass is 345 g/mol. The third-order valence-corrected chi connectivity index (χ3v) is 3.44. The number of benzene rings is 2. The number of esters is 1. The molecule has 0 saturated carbocycles. The third kappa shape index (κ3) is 5.08. The van der Waals surface area contributed by atoms with Crippen molar-refractivity contribution in [2.75, 3.05) is 12.4 Å². The van der Waals surface area contributed by atoms with Crippen LogP contribution in [-0.2, 0) is 16.1 Å². The minimum atomic E-state index is -0.358. The normalized spacial score (nSPS) is 10.6. The molecule has 2 rings (SSSR count). The second-order valence-electron chi connectivity index (χ2n) is 4.46. The van der Waals surface area contributed by atoms with Crippen molar-refractivity contribution in [3.63, 3.8) is 0 Å². The Kier molecular flexibility index (Phi) is 5.58. The Morgan fingerprint density at radius 1 is 1.24 bits per heavy atom. The minimum Gasteiger partial charge on any atom is -0.466 e. The van der Waals surface area contributed by atoms with Crippen LogP contribution < -0.4 is 5.32 Å². The summed E-state index contributed by atoms with van der Waals surface area (Å²) in [6.07, 6.45) is 3.14. The summed E-state index contributed by atoms with van der Waals surface area (Å²) in [7, 11) is 1.36. The zero-order chi connectivity index (χ0) is 15.1. The van der Waals surface area contributed by atoms with Gasteiger partial charge in [-0.05, 0) is 41.5 Å². The highest BCUT2D eigenvalue weighted by Gasteiger charge is 1.97. The number of hydrogen-bond donors (Lipinski definition) is 1. The number of carbonyl (C=O) groups is 1. The predicted octanol–water partition coefficient (Wildman–Crippen LogP) is 4.25. The molecule has 0 aliphatic carbocycles. The van der Waals surface area contributed by atoms with Crippen molar-refractivity contribution in [1.82, 2.24) is 0 Å². The van der Waals surface area contributed by atoms with Crippen molar-refractivity contribution in [3.8, 4) is 0 Å². The fourth-order valence-corrected chi connectivity index (χ4v) is 2.06. The summed E-state index contributed by atoms with van der Waals surface area (Å²) in [5.41, 5.74) is 3.15. The van der Waals surface area contributed by atoms with Crippen LogP contribution in [-0.4, -0.2) is 13.1 Å². The molecular weight excluding hydrogens is 330 g/mol. The Balaban J connectivity index is 1.99. The summed E-state index contributed by atoms with van der Waals surface area (Å²) in [6, 6.07) is 16.0. The quantitative estimate of drug-likeness (QED) is 0.650. The largest absolute Gasteiger partial charge is 0.466 e. The van der Waals surface area contributed by atoms with Crippen LogP contribution >= 0.6 is 15.9 Å². The van der Waals surface area contributed by atoms with Gasteiger partial charge >= 0.3 is 5.97 Å². The van der Waals surface area contributed by atoms with Crippen LogP contribution in [0.1, 0.15) is 11.1 Å². The van der Waals surface area contributed by atoms with Crippen LogP contribution in [0.15, 0.2) is 59.1 Å². The van der Waals surface area contributed by atoms with Crippen molar-refractivity contribution >= 4 is 33.7 Å². The van der Waals surface area contributed by atoms with Gasteiger partial charge in [-0.25, -0.2) is 4.79 Å². The molecule has 21 heavy (non-hydrogen) atoms. The number of hydrogen-bond acceptors (Lipinski definition) is 3. The maximum atomic E-state index is 11.1. The maximum Gasteiger partial charge on any atom is 0.330 e. The van der Waals surface area contributed by atoms with Crippen LogP contribution in [0.25, 0.3) is 6.08 Å². The molecule has 0 aromatic heterocycles. The fraction of sp³-hybridized carbons (Fsp3) is 0.118. The Morgan fingerprint density at radius 2 is 2.00 bits per heavy atom. The Morgan fingerprint density at radius 3 is 2.71 bits per heavy atom. The van der Waals surface area contributed by atoms with Crippen LogP contribution in [0.5, 0.6) is 0 Å². The lowest BCUT2D eigenvalue weighted by molar-refractivity contribution is -0.134. The second kappa shape index (κ2) is 7.64. The third-order valence-electron chi connectivity index (χ3n) is 2.91. The van der Waals surface area contributed by atoms with E-state index in [9.17, 15) is 4.79 Å². The molecule has 1 N–H and O–H groups in total. The SMILES string of the molecule is COC(=O)C=Cc1cccc(NCc2ccc(Br)cc2)c1. The zero-order valence-corrected chi connectivity index (χ0v) is 13.3. The van der Waals surface area contributed by atoms with Gasteiger partial charge in [0.05, 0.1) is 7.11 Å². The van der Waals surface area contributed by atoms with Crippen LogP contribution in [0, 0.1) is 0 Å². The van der Waals surface area contributed by atoms with Crippen LogP contribution in [0.2, 0.25) is 0 Å². The Bertz CT molecular complexity index is 635. The van der Waals surface area contributed by atoms with Crippen molar-refractivity contribution < 1.29 is 9.53 Å². The van der Waals surface area contributed by atoms with Crippen molar-refractivity contribution in [1.29, 1.82) is 0 Å². The van der Waals surface area contributed by atoms with Gasteiger partial charge in [0.15, 0.2) is 0 Å². The number of ether oxygens (including phenoxy) is 1. The highest BCUT2D eigenvalue weighted by atomic mass is 79.9. The first-order valence-corrected chi connectivity index (χ1v) is 7.31. The number of methoxy groups -OCH3 is 1. The number of carbonyl (C=O) groups excluding carboxylic acids is 1. The highest BCUT2D eigenvalue weighted by molar-refractivity contribution is 9.10. The number of rotatable bonds is 5. The molecule has 2 aromatic rings. The van der Waals surface area contributed by atoms with Gasteiger partial charge < -0.3 is 10.1 Å². The molecule has 0 saturated heterocycles. The first kappa shape index (κ1) is 15.3. The standard InChI is InChI=1S/C17H16BrNO2/c1-21-17(20)10-7-13-3-2-4-16(11-13)19-12-14-5-8-15(18)9-6-14/h2-11,19H,12H2,1H3. The molecule has 0 aliphatic heterocycles. The molecule has 0 amide bonds. The first-order valence-electron chi connectivity index (χ1n) is 6.52. The molecule has 0 unspecified atom stereocenters. The van der Waals surface area contributed by atoms with Crippen LogP contribution in [0.3, 0.4) is 0 Å². The van der Waals surface area contributed by atoms with Gasteiger partial charge in [-0.3, -0.25) is 0 Å². The van der Waals surface area contributed by atoms with E-state index in [0.29, 0.717) is 0 Å². The average molecular weight is 346 g/mol. The summed E-state index contributed by atoms with van der Waals surface area (Å²) < 4.78 is 5.64. The first-order chi connectivity index (χ1) is 10.2. The van der Waals surface area contributed by atoms with Gasteiger partial charge in [0.1, 0.15) is 0 Å². The Labute approximate surface area is 132 Å². The van der Waals surface area contributed by atoms with Crippen molar-refractivity contribution in [2.45, 2.75) is 6.54 Å². The van der Waals surface area contributed by atoms with E-state index in [2.05, 4.69) is 38.1 Å². The molecule has 0 atom stereocenters. The lowest BCUT2D eigenvalue weighted by atomic mass is 10.1. The zero-order valence-electron chi connectivity index (χ0n) is 11.7. The number of halogens is 1. The molecule has 0 aliphatic rings. The minimum absolute atomic E-state index is 0.358. The van der Waals surface area contributed by atoms with E-state index in [-0.39, 0.29) is 5.97 Å². The second-order valence-corrected chi connectivity index (χ2v) is 5.38. The van der Waals surface area contributed by atoms with Gasteiger partial charge in [-0.2, -0.15) is 0 Å². The van der Waals surface area contributed by atoms with E-state index in [1.807, 2.05) is 36.4 Å². The van der Waals surface area contributed by atoms with E-state index in [4.69, 9.17) is 0 Å². The van der Waals surface area contributed by atoms with E-state index in [1.54, 1.807) is 6.08 Å². The topological polar surface area (TPSA) is 38.3 Å². The highest BCUT2D eigenvalue weighted by Crippen LogP contribution is 2.15. The molecule has 0 fully saturated rings. The molecule has 0 bridgehead atoms. The smallest absolute Gasteiger partial charge is 0.330 e. The molecule has 0 radical (unpaired) electrons. The van der Waals surface area contributed by atoms with E-state index in [1.165, 1.54) is 18.7 Å². The molecule has 0 heterocycles. The van der Waals surface area contributed by atoms with Gasteiger partial charge in [0.2, 0.25) is 0 Å². The molecular formula is C17H16BrNO2. The van der Waals surface area contributed by atoms with Gasteiger partial charge in [0, 0.05) is 22.8 Å². The predicted molar refractivity (Wildman–Crippen MR) is 89.0 cm³/mol. The lowest BCUT2D eigenvalue weighted by Crippen LogP contribution is -1.99. The summed E-state index contributed by atoms with van der Waals surface area (Å²) in [4.78, 5) is 11.1. The fourth-order valence-electron chi connectivity index (χ4n) is 1.79. The average Bonchev–Trinajstić information content (AvgIpc) is 2.52. The van der Waals surface area contributed by atoms with Crippen molar-refractivity contribution in [2.24, 2.45) is 0 Å². The Hall–Kier alpha value is -2.07. The summed E-state index contributed by atoms with van der Waals surface area (Å²) in [5, 5.41) is 3.36. The summed E-state index contributed by atoms with van der Waals surface area (Å²) in [6.45, 7) is 0.747. The number of nitrogens with one attached hydrogen (secondary N) is 1.